The highest BCUT2D eigenvalue weighted by molar-refractivity contribution is 8.14. The van der Waals surface area contributed by atoms with E-state index in [1.165, 1.54) is 0 Å². The lowest BCUT2D eigenvalue weighted by Gasteiger charge is -2.43. The molecule has 0 spiro atoms. The molecule has 0 amide bonds. The fraction of sp³-hybridized carbons (Fsp3) is 0.909. The molecule has 0 radical (unpaired) electrons. The standard InChI is InChI=1S/C11H16F4N2O3S/c1-3-16-9-17-5-4(12)6(18)7(20-8(5)21-9)10(2,19)11(13,14)15/h4-8,18-19H,3H2,1-2H3,(H,16,17)/t4-,5+,6-,7-,8+,10+/m0/s1. The number of ether oxygens (including phenoxy) is 1. The lowest BCUT2D eigenvalue weighted by Crippen LogP contribution is -2.65. The summed E-state index contributed by atoms with van der Waals surface area (Å²) in [6.07, 6.45) is -11.3. The van der Waals surface area contributed by atoms with E-state index in [1.54, 1.807) is 6.92 Å². The highest BCUT2D eigenvalue weighted by atomic mass is 32.2. The first-order chi connectivity index (χ1) is 9.59. The van der Waals surface area contributed by atoms with Gasteiger partial charge in [0.1, 0.15) is 23.7 Å². The minimum Gasteiger partial charge on any atom is -0.387 e. The van der Waals surface area contributed by atoms with Crippen molar-refractivity contribution in [3.8, 4) is 0 Å². The molecule has 1 fully saturated rings. The van der Waals surface area contributed by atoms with Gasteiger partial charge < -0.3 is 20.3 Å². The number of halogens is 4. The molecule has 0 bridgehead atoms. The largest absolute Gasteiger partial charge is 0.419 e. The Morgan fingerprint density at radius 3 is 2.57 bits per heavy atom. The minimum absolute atomic E-state index is 0.342. The summed E-state index contributed by atoms with van der Waals surface area (Å²) in [6, 6.07) is -1.10. The van der Waals surface area contributed by atoms with Crippen molar-refractivity contribution in [2.75, 3.05) is 6.54 Å². The van der Waals surface area contributed by atoms with Gasteiger partial charge in [0.2, 0.25) is 0 Å². The Labute approximate surface area is 122 Å². The number of fused-ring (bicyclic) bond motifs is 1. The number of nitrogens with one attached hydrogen (secondary N) is 1. The number of alkyl halides is 4. The molecule has 3 N–H and O–H groups in total. The molecule has 0 unspecified atom stereocenters. The monoisotopic (exact) mass is 332 g/mol. The number of aliphatic imine (C=N–C) groups is 1. The van der Waals surface area contributed by atoms with Gasteiger partial charge in [-0.2, -0.15) is 13.2 Å². The first-order valence-electron chi connectivity index (χ1n) is 6.34. The van der Waals surface area contributed by atoms with Crippen molar-refractivity contribution < 1.29 is 32.5 Å². The maximum absolute atomic E-state index is 14.2. The number of rotatable bonds is 2. The fourth-order valence-electron chi connectivity index (χ4n) is 2.19. The van der Waals surface area contributed by atoms with Crippen LogP contribution in [0.4, 0.5) is 17.6 Å². The van der Waals surface area contributed by atoms with E-state index in [1.807, 2.05) is 0 Å². The van der Waals surface area contributed by atoms with Crippen molar-refractivity contribution in [1.29, 1.82) is 0 Å². The zero-order valence-corrected chi connectivity index (χ0v) is 12.1. The van der Waals surface area contributed by atoms with Gasteiger partial charge in [0, 0.05) is 6.54 Å². The molecule has 6 atom stereocenters. The first-order valence-corrected chi connectivity index (χ1v) is 7.22. The van der Waals surface area contributed by atoms with Crippen LogP contribution in [0, 0.1) is 0 Å². The van der Waals surface area contributed by atoms with Gasteiger partial charge in [0.05, 0.1) is 0 Å². The lowest BCUT2D eigenvalue weighted by atomic mass is 9.87. The maximum atomic E-state index is 14.2. The van der Waals surface area contributed by atoms with Gasteiger partial charge in [0.25, 0.3) is 0 Å². The van der Waals surface area contributed by atoms with Crippen molar-refractivity contribution >= 4 is 16.9 Å². The summed E-state index contributed by atoms with van der Waals surface area (Å²) in [5.74, 6) is 0. The molecule has 2 aliphatic heterocycles. The van der Waals surface area contributed by atoms with Gasteiger partial charge >= 0.3 is 6.18 Å². The summed E-state index contributed by atoms with van der Waals surface area (Å²) in [5, 5.41) is 22.5. The van der Waals surface area contributed by atoms with Gasteiger partial charge in [-0.1, -0.05) is 11.8 Å². The quantitative estimate of drug-likeness (QED) is 0.653. The average Bonchev–Trinajstić information content (AvgIpc) is 2.75. The third-order valence-electron chi connectivity index (χ3n) is 3.47. The zero-order chi connectivity index (χ0) is 16.0. The second kappa shape index (κ2) is 5.56. The van der Waals surface area contributed by atoms with Crippen molar-refractivity contribution in [2.24, 2.45) is 4.99 Å². The zero-order valence-electron chi connectivity index (χ0n) is 11.3. The Morgan fingerprint density at radius 1 is 1.43 bits per heavy atom. The number of hydrogen-bond acceptors (Lipinski definition) is 6. The van der Waals surface area contributed by atoms with Crippen LogP contribution in [0.15, 0.2) is 4.99 Å². The van der Waals surface area contributed by atoms with Crippen LogP contribution in [0.5, 0.6) is 0 Å². The molecule has 2 rings (SSSR count). The highest BCUT2D eigenvalue weighted by Gasteiger charge is 2.63. The van der Waals surface area contributed by atoms with E-state index in [2.05, 4.69) is 10.3 Å². The Balaban J connectivity index is 2.21. The molecule has 2 heterocycles. The molecule has 5 nitrogen and oxygen atoms in total. The number of hydrogen-bond donors (Lipinski definition) is 3. The summed E-state index contributed by atoms with van der Waals surface area (Å²) >= 11 is 0.943. The second-order valence-electron chi connectivity index (χ2n) is 5.08. The normalized spacial score (nSPS) is 39.4. The van der Waals surface area contributed by atoms with E-state index in [9.17, 15) is 27.8 Å². The van der Waals surface area contributed by atoms with Crippen LogP contribution in [0.1, 0.15) is 13.8 Å². The molecular formula is C11H16F4N2O3S. The van der Waals surface area contributed by atoms with E-state index in [0.29, 0.717) is 18.6 Å². The van der Waals surface area contributed by atoms with Gasteiger partial charge in [-0.25, -0.2) is 4.39 Å². The molecule has 0 saturated carbocycles. The Kier molecular flexibility index (Phi) is 4.45. The molecule has 10 heteroatoms. The van der Waals surface area contributed by atoms with E-state index < -0.39 is 41.6 Å². The lowest BCUT2D eigenvalue weighted by molar-refractivity contribution is -0.314. The van der Waals surface area contributed by atoms with E-state index in [4.69, 9.17) is 4.74 Å². The van der Waals surface area contributed by atoms with Crippen molar-refractivity contribution in [3.63, 3.8) is 0 Å². The van der Waals surface area contributed by atoms with Crippen LogP contribution >= 0.6 is 11.8 Å². The number of aliphatic hydroxyl groups excluding tert-OH is 1. The summed E-state index contributed by atoms with van der Waals surface area (Å²) in [4.78, 5) is 3.96. The number of aliphatic hydroxyl groups is 2. The predicted molar refractivity (Wildman–Crippen MR) is 68.7 cm³/mol. The maximum Gasteiger partial charge on any atom is 0.419 e. The van der Waals surface area contributed by atoms with Crippen molar-refractivity contribution in [3.05, 3.63) is 0 Å². The smallest absolute Gasteiger partial charge is 0.387 e. The molecule has 0 aromatic carbocycles. The van der Waals surface area contributed by atoms with Gasteiger partial charge in [0.15, 0.2) is 16.9 Å². The van der Waals surface area contributed by atoms with E-state index in [0.717, 1.165) is 11.8 Å². The second-order valence-corrected chi connectivity index (χ2v) is 6.17. The summed E-state index contributed by atoms with van der Waals surface area (Å²) < 4.78 is 57.8. The molecule has 0 aromatic heterocycles. The third-order valence-corrected chi connectivity index (χ3v) is 4.57. The predicted octanol–water partition coefficient (Wildman–Crippen LogP) is 0.804. The first kappa shape index (κ1) is 16.8. The summed E-state index contributed by atoms with van der Waals surface area (Å²) in [5.41, 5.74) is -4.38. The molecule has 122 valence electrons. The minimum atomic E-state index is -5.06. The number of thioether (sulfide) groups is 1. The van der Waals surface area contributed by atoms with Crippen molar-refractivity contribution in [2.45, 2.75) is 55.5 Å². The van der Waals surface area contributed by atoms with Gasteiger partial charge in [-0.3, -0.25) is 4.99 Å². The topological polar surface area (TPSA) is 74.1 Å². The van der Waals surface area contributed by atoms with Crippen LogP contribution in [-0.2, 0) is 4.74 Å². The Bertz CT molecular complexity index is 432. The highest BCUT2D eigenvalue weighted by Crippen LogP contribution is 2.44. The third kappa shape index (κ3) is 2.86. The van der Waals surface area contributed by atoms with Crippen LogP contribution in [0.3, 0.4) is 0 Å². The average molecular weight is 332 g/mol. The number of nitrogens with zero attached hydrogens (tertiary/aromatic N) is 1. The van der Waals surface area contributed by atoms with E-state index in [-0.39, 0.29) is 0 Å². The molecule has 0 aromatic rings. The molecule has 21 heavy (non-hydrogen) atoms. The summed E-state index contributed by atoms with van der Waals surface area (Å²) in [6.45, 7) is 2.75. The SMILES string of the molecule is CCNC1=N[C@@H]2[C@H](F)[C@H](O)[C@@H]([C@@](C)(O)C(F)(F)F)O[C@@H]2S1. The molecular weight excluding hydrogens is 316 g/mol. The van der Waals surface area contributed by atoms with Crippen LogP contribution < -0.4 is 5.32 Å². The Hall–Kier alpha value is -0.580. The number of amidine groups is 1. The summed E-state index contributed by atoms with van der Waals surface area (Å²) in [7, 11) is 0. The molecule has 1 saturated heterocycles. The Morgan fingerprint density at radius 2 is 2.05 bits per heavy atom. The van der Waals surface area contributed by atoms with E-state index >= 15 is 0 Å². The van der Waals surface area contributed by atoms with Crippen LogP contribution in [0.2, 0.25) is 0 Å². The molecule has 0 aliphatic carbocycles. The fourth-order valence-corrected chi connectivity index (χ4v) is 3.35. The van der Waals surface area contributed by atoms with Crippen molar-refractivity contribution in [1.82, 2.24) is 5.32 Å². The van der Waals surface area contributed by atoms with Crippen LogP contribution in [-0.4, -0.2) is 63.6 Å². The molecule has 2 aliphatic rings. The van der Waals surface area contributed by atoms with Gasteiger partial charge in [-0.15, -0.1) is 0 Å². The van der Waals surface area contributed by atoms with Crippen LogP contribution in [0.25, 0.3) is 0 Å². The van der Waals surface area contributed by atoms with Gasteiger partial charge in [-0.05, 0) is 13.8 Å².